The lowest BCUT2D eigenvalue weighted by atomic mass is 10.2. The van der Waals surface area contributed by atoms with Crippen molar-refractivity contribution in [1.82, 2.24) is 24.5 Å². The van der Waals surface area contributed by atoms with Crippen LogP contribution in [0, 0.1) is 11.3 Å². The van der Waals surface area contributed by atoms with Gasteiger partial charge in [0.1, 0.15) is 17.4 Å². The summed E-state index contributed by atoms with van der Waals surface area (Å²) >= 11 is 1.26. The number of rotatable bonds is 7. The molecule has 9 nitrogen and oxygen atoms in total. The molecule has 160 valence electrons. The molecule has 1 amide bonds. The van der Waals surface area contributed by atoms with Crippen LogP contribution in [0.3, 0.4) is 0 Å². The fraction of sp³-hybridized carbons (Fsp3) is 0.136. The van der Waals surface area contributed by atoms with Crippen molar-refractivity contribution < 1.29 is 9.53 Å². The molecule has 0 fully saturated rings. The third-order valence-corrected chi connectivity index (χ3v) is 5.68. The van der Waals surface area contributed by atoms with E-state index in [4.69, 9.17) is 4.74 Å². The Morgan fingerprint density at radius 1 is 1.16 bits per heavy atom. The van der Waals surface area contributed by atoms with Crippen LogP contribution in [0.2, 0.25) is 0 Å². The molecule has 0 unspecified atom stereocenters. The van der Waals surface area contributed by atoms with Crippen LogP contribution in [-0.2, 0) is 11.8 Å². The number of nitrogens with zero attached hydrogens (tertiary/aromatic N) is 6. The van der Waals surface area contributed by atoms with E-state index in [0.717, 1.165) is 17.0 Å². The Labute approximate surface area is 188 Å². The van der Waals surface area contributed by atoms with Gasteiger partial charge in [-0.2, -0.15) is 10.4 Å². The van der Waals surface area contributed by atoms with E-state index in [9.17, 15) is 10.1 Å². The highest BCUT2D eigenvalue weighted by molar-refractivity contribution is 7.99. The minimum Gasteiger partial charge on any atom is -0.497 e. The lowest BCUT2D eigenvalue weighted by Crippen LogP contribution is -2.18. The number of para-hydroxylation sites is 1. The summed E-state index contributed by atoms with van der Waals surface area (Å²) in [6, 6.07) is 18.9. The van der Waals surface area contributed by atoms with Crippen molar-refractivity contribution in [2.75, 3.05) is 18.2 Å². The fourth-order valence-corrected chi connectivity index (χ4v) is 3.76. The second-order valence-electron chi connectivity index (χ2n) is 6.70. The molecule has 4 aromatic rings. The van der Waals surface area contributed by atoms with Crippen molar-refractivity contribution in [3.63, 3.8) is 0 Å². The van der Waals surface area contributed by atoms with Crippen LogP contribution < -0.4 is 10.1 Å². The van der Waals surface area contributed by atoms with Gasteiger partial charge in [-0.05, 0) is 36.4 Å². The Kier molecular flexibility index (Phi) is 6.19. The summed E-state index contributed by atoms with van der Waals surface area (Å²) in [5.41, 5.74) is 1.92. The molecule has 0 spiro atoms. The van der Waals surface area contributed by atoms with Gasteiger partial charge in [0.15, 0.2) is 16.8 Å². The highest BCUT2D eigenvalue weighted by Gasteiger charge is 2.17. The molecule has 1 N–H and O–H groups in total. The number of hydrogen-bond acceptors (Lipinski definition) is 7. The van der Waals surface area contributed by atoms with E-state index in [0.29, 0.717) is 16.8 Å². The Morgan fingerprint density at radius 2 is 1.91 bits per heavy atom. The predicted molar refractivity (Wildman–Crippen MR) is 121 cm³/mol. The number of carbonyl (C=O) groups is 1. The number of ether oxygens (including phenoxy) is 1. The number of methoxy groups -OCH3 is 1. The Morgan fingerprint density at radius 3 is 2.59 bits per heavy atom. The molecule has 0 atom stereocenters. The van der Waals surface area contributed by atoms with Crippen LogP contribution in [-0.4, -0.2) is 43.3 Å². The topological polar surface area (TPSA) is 111 Å². The molecule has 2 aromatic heterocycles. The van der Waals surface area contributed by atoms with E-state index >= 15 is 0 Å². The van der Waals surface area contributed by atoms with Crippen LogP contribution in [0.4, 0.5) is 5.82 Å². The van der Waals surface area contributed by atoms with E-state index in [1.54, 1.807) is 7.11 Å². The van der Waals surface area contributed by atoms with Gasteiger partial charge >= 0.3 is 0 Å². The van der Waals surface area contributed by atoms with Crippen molar-refractivity contribution in [1.29, 1.82) is 5.26 Å². The largest absolute Gasteiger partial charge is 0.497 e. The summed E-state index contributed by atoms with van der Waals surface area (Å²) in [5.74, 6) is 1.59. The van der Waals surface area contributed by atoms with E-state index in [2.05, 4.69) is 26.7 Å². The van der Waals surface area contributed by atoms with E-state index in [1.165, 1.54) is 22.6 Å². The zero-order valence-electron chi connectivity index (χ0n) is 17.4. The van der Waals surface area contributed by atoms with Crippen molar-refractivity contribution in [3.8, 4) is 28.9 Å². The zero-order valence-corrected chi connectivity index (χ0v) is 18.2. The molecule has 0 aliphatic heterocycles. The zero-order chi connectivity index (χ0) is 22.5. The number of benzene rings is 2. The van der Waals surface area contributed by atoms with Gasteiger partial charge in [-0.25, -0.2) is 4.68 Å². The van der Waals surface area contributed by atoms with Gasteiger partial charge in [0.25, 0.3) is 0 Å². The molecule has 0 aliphatic carbocycles. The van der Waals surface area contributed by atoms with Gasteiger partial charge in [-0.15, -0.1) is 10.2 Å². The van der Waals surface area contributed by atoms with Gasteiger partial charge in [0, 0.05) is 12.6 Å². The Bertz CT molecular complexity index is 1270. The number of anilines is 1. The highest BCUT2D eigenvalue weighted by atomic mass is 32.2. The standard InChI is InChI=1S/C22H19N7O2S/c1-28-21(15-8-10-18(31-2)11-9-15)26-27-22(28)32-14-19(30)25-20-16(12-23)13-24-29(20)17-6-4-3-5-7-17/h3-11,13H,14H2,1-2H3,(H,25,30). The van der Waals surface area contributed by atoms with Crippen molar-refractivity contribution >= 4 is 23.5 Å². The third-order valence-electron chi connectivity index (χ3n) is 4.66. The first-order valence-electron chi connectivity index (χ1n) is 9.60. The number of hydrogen-bond donors (Lipinski definition) is 1. The van der Waals surface area contributed by atoms with Gasteiger partial charge in [-0.1, -0.05) is 30.0 Å². The minimum atomic E-state index is -0.279. The first-order chi connectivity index (χ1) is 15.6. The molecule has 2 aromatic carbocycles. The fourth-order valence-electron chi connectivity index (χ4n) is 3.05. The number of aromatic nitrogens is 5. The first kappa shape index (κ1) is 21.1. The molecular weight excluding hydrogens is 426 g/mol. The Hall–Kier alpha value is -4.10. The number of thioether (sulfide) groups is 1. The van der Waals surface area contributed by atoms with Gasteiger partial charge in [0.05, 0.1) is 24.7 Å². The van der Waals surface area contributed by atoms with Crippen LogP contribution in [0.5, 0.6) is 5.75 Å². The van der Waals surface area contributed by atoms with Gasteiger partial charge in [0.2, 0.25) is 5.91 Å². The summed E-state index contributed by atoms with van der Waals surface area (Å²) < 4.78 is 8.54. The highest BCUT2D eigenvalue weighted by Crippen LogP contribution is 2.25. The quantitative estimate of drug-likeness (QED) is 0.435. The molecule has 0 saturated carbocycles. The number of amides is 1. The van der Waals surface area contributed by atoms with Crippen LogP contribution in [0.1, 0.15) is 5.56 Å². The number of carbonyl (C=O) groups excluding carboxylic acids is 1. The molecule has 0 radical (unpaired) electrons. The summed E-state index contributed by atoms with van der Waals surface area (Å²) in [7, 11) is 3.46. The molecular formula is C22H19N7O2S. The molecule has 2 heterocycles. The van der Waals surface area contributed by atoms with Gasteiger partial charge < -0.3 is 14.6 Å². The monoisotopic (exact) mass is 445 g/mol. The summed E-state index contributed by atoms with van der Waals surface area (Å²) in [4.78, 5) is 12.6. The van der Waals surface area contributed by atoms with Crippen LogP contribution >= 0.6 is 11.8 Å². The molecule has 4 rings (SSSR count). The predicted octanol–water partition coefficient (Wildman–Crippen LogP) is 3.28. The minimum absolute atomic E-state index is 0.0967. The molecule has 0 bridgehead atoms. The summed E-state index contributed by atoms with van der Waals surface area (Å²) in [5, 5.41) is 25.5. The third kappa shape index (κ3) is 4.33. The van der Waals surface area contributed by atoms with Crippen LogP contribution in [0.25, 0.3) is 17.1 Å². The SMILES string of the molecule is COc1ccc(-c2nnc(SCC(=O)Nc3c(C#N)cnn3-c3ccccc3)n2C)cc1. The average molecular weight is 446 g/mol. The van der Waals surface area contributed by atoms with E-state index in [-0.39, 0.29) is 17.2 Å². The second-order valence-corrected chi connectivity index (χ2v) is 7.64. The van der Waals surface area contributed by atoms with E-state index < -0.39 is 0 Å². The van der Waals surface area contributed by atoms with Crippen molar-refractivity contribution in [3.05, 3.63) is 66.4 Å². The Balaban J connectivity index is 1.46. The van der Waals surface area contributed by atoms with Gasteiger partial charge in [-0.3, -0.25) is 4.79 Å². The summed E-state index contributed by atoms with van der Waals surface area (Å²) in [6.45, 7) is 0. The second kappa shape index (κ2) is 9.36. The maximum atomic E-state index is 12.6. The smallest absolute Gasteiger partial charge is 0.236 e. The van der Waals surface area contributed by atoms with Crippen molar-refractivity contribution in [2.45, 2.75) is 5.16 Å². The number of nitrogens with one attached hydrogen (secondary N) is 1. The first-order valence-corrected chi connectivity index (χ1v) is 10.6. The average Bonchev–Trinajstić information content (AvgIpc) is 3.41. The molecule has 0 aliphatic rings. The lowest BCUT2D eigenvalue weighted by molar-refractivity contribution is -0.113. The molecule has 0 saturated heterocycles. The van der Waals surface area contributed by atoms with E-state index in [1.807, 2.05) is 66.2 Å². The molecule has 32 heavy (non-hydrogen) atoms. The maximum absolute atomic E-state index is 12.6. The van der Waals surface area contributed by atoms with Crippen molar-refractivity contribution in [2.24, 2.45) is 7.05 Å². The normalized spacial score (nSPS) is 10.5. The maximum Gasteiger partial charge on any atom is 0.236 e. The molecule has 10 heteroatoms. The lowest BCUT2D eigenvalue weighted by Gasteiger charge is -2.09. The summed E-state index contributed by atoms with van der Waals surface area (Å²) in [6.07, 6.45) is 1.43. The van der Waals surface area contributed by atoms with Crippen LogP contribution in [0.15, 0.2) is 66.0 Å². The number of nitriles is 1.